The Bertz CT molecular complexity index is 643. The zero-order chi connectivity index (χ0) is 18.8. The minimum absolute atomic E-state index is 0.230. The quantitative estimate of drug-likeness (QED) is 0.339. The molecule has 0 saturated carbocycles. The fraction of sp³-hybridized carbons (Fsp3) is 0.688. The van der Waals surface area contributed by atoms with Gasteiger partial charge in [-0.2, -0.15) is 4.31 Å². The first-order valence-electron chi connectivity index (χ1n) is 8.67. The average molecular weight is 405 g/mol. The minimum Gasteiger partial charge on any atom is -0.379 e. The third-order valence-corrected chi connectivity index (χ3v) is 7.19. The van der Waals surface area contributed by atoms with Crippen LogP contribution in [0.15, 0.2) is 26.7 Å². The number of hydrogen-bond donors (Lipinski definition) is 2. The molecule has 0 spiro atoms. The van der Waals surface area contributed by atoms with Gasteiger partial charge in [0.1, 0.15) is 4.21 Å². The highest BCUT2D eigenvalue weighted by atomic mass is 32.2. The summed E-state index contributed by atoms with van der Waals surface area (Å²) in [6.07, 6.45) is 2.07. The first kappa shape index (κ1) is 21.1. The van der Waals surface area contributed by atoms with E-state index >= 15 is 0 Å². The maximum absolute atomic E-state index is 12.3. The normalized spacial score (nSPS) is 18.4. The third kappa shape index (κ3) is 6.51. The van der Waals surface area contributed by atoms with E-state index in [-0.39, 0.29) is 6.10 Å². The van der Waals surface area contributed by atoms with Crippen LogP contribution in [0, 0.1) is 0 Å². The summed E-state index contributed by atoms with van der Waals surface area (Å²) in [5.41, 5.74) is 0. The van der Waals surface area contributed by atoms with Crippen molar-refractivity contribution in [1.82, 2.24) is 14.9 Å². The van der Waals surface area contributed by atoms with Crippen molar-refractivity contribution in [2.45, 2.75) is 23.2 Å². The third-order valence-electron chi connectivity index (χ3n) is 3.96. The highest BCUT2D eigenvalue weighted by Gasteiger charge is 2.21. The Morgan fingerprint density at radius 2 is 2.27 bits per heavy atom. The maximum Gasteiger partial charge on any atom is 0.252 e. The summed E-state index contributed by atoms with van der Waals surface area (Å²) < 4.78 is 37.3. The van der Waals surface area contributed by atoms with Gasteiger partial charge in [0.05, 0.1) is 12.7 Å². The number of guanidine groups is 1. The number of aliphatic imine (C=N–C) groups is 1. The van der Waals surface area contributed by atoms with E-state index in [4.69, 9.17) is 9.47 Å². The molecule has 2 N–H and O–H groups in total. The van der Waals surface area contributed by atoms with E-state index < -0.39 is 10.0 Å². The van der Waals surface area contributed by atoms with Crippen molar-refractivity contribution in [3.8, 4) is 0 Å². The number of nitrogens with zero attached hydrogens (tertiary/aromatic N) is 2. The lowest BCUT2D eigenvalue weighted by Crippen LogP contribution is -2.42. The van der Waals surface area contributed by atoms with Gasteiger partial charge in [-0.25, -0.2) is 8.42 Å². The Labute approximate surface area is 159 Å². The minimum atomic E-state index is -3.41. The van der Waals surface area contributed by atoms with Crippen molar-refractivity contribution < 1.29 is 17.9 Å². The van der Waals surface area contributed by atoms with Crippen LogP contribution >= 0.6 is 11.3 Å². The van der Waals surface area contributed by atoms with Crippen LogP contribution in [0.1, 0.15) is 12.8 Å². The fourth-order valence-corrected chi connectivity index (χ4v) is 4.78. The number of hydrogen-bond acceptors (Lipinski definition) is 6. The van der Waals surface area contributed by atoms with Gasteiger partial charge in [0.25, 0.3) is 10.0 Å². The number of thiophene rings is 1. The van der Waals surface area contributed by atoms with Crippen LogP contribution in [-0.2, 0) is 19.5 Å². The van der Waals surface area contributed by atoms with E-state index in [0.29, 0.717) is 36.5 Å². The van der Waals surface area contributed by atoms with Crippen LogP contribution in [0.2, 0.25) is 0 Å². The smallest absolute Gasteiger partial charge is 0.252 e. The number of sulfonamides is 1. The van der Waals surface area contributed by atoms with Crippen molar-refractivity contribution in [3.63, 3.8) is 0 Å². The monoisotopic (exact) mass is 404 g/mol. The predicted octanol–water partition coefficient (Wildman–Crippen LogP) is 0.729. The molecule has 10 heteroatoms. The molecule has 0 aliphatic carbocycles. The SMILES string of the molecule is CN=C(NCCCOC1CCOC1)NCCN(C)S(=O)(=O)c1cccs1. The van der Waals surface area contributed by atoms with Crippen molar-refractivity contribution >= 4 is 27.3 Å². The number of rotatable bonds is 10. The number of nitrogens with one attached hydrogen (secondary N) is 2. The molecule has 2 heterocycles. The van der Waals surface area contributed by atoms with Gasteiger partial charge in [0.15, 0.2) is 5.96 Å². The number of likely N-dealkylation sites (N-methyl/N-ethyl adjacent to an activating group) is 1. The highest BCUT2D eigenvalue weighted by Crippen LogP contribution is 2.19. The molecule has 26 heavy (non-hydrogen) atoms. The summed E-state index contributed by atoms with van der Waals surface area (Å²) in [5, 5.41) is 8.08. The molecule has 1 aromatic heterocycles. The molecule has 8 nitrogen and oxygen atoms in total. The van der Waals surface area contributed by atoms with Crippen LogP contribution in [0.3, 0.4) is 0 Å². The second kappa shape index (κ2) is 10.8. The molecule has 1 fully saturated rings. The van der Waals surface area contributed by atoms with E-state index in [1.54, 1.807) is 31.6 Å². The summed E-state index contributed by atoms with van der Waals surface area (Å²) in [4.78, 5) is 4.14. The zero-order valence-corrected chi connectivity index (χ0v) is 16.9. The van der Waals surface area contributed by atoms with E-state index in [1.165, 1.54) is 15.6 Å². The van der Waals surface area contributed by atoms with Gasteiger partial charge in [-0.15, -0.1) is 11.3 Å². The summed E-state index contributed by atoms with van der Waals surface area (Å²) in [7, 11) is -0.139. The molecule has 0 bridgehead atoms. The van der Waals surface area contributed by atoms with Gasteiger partial charge in [0.2, 0.25) is 0 Å². The highest BCUT2D eigenvalue weighted by molar-refractivity contribution is 7.91. The molecule has 0 aromatic carbocycles. The van der Waals surface area contributed by atoms with E-state index in [1.807, 2.05) is 0 Å². The Kier molecular flexibility index (Phi) is 8.79. The van der Waals surface area contributed by atoms with Crippen molar-refractivity contribution in [2.75, 3.05) is 53.6 Å². The Morgan fingerprint density at radius 3 is 2.92 bits per heavy atom. The Balaban J connectivity index is 1.60. The van der Waals surface area contributed by atoms with Gasteiger partial charge >= 0.3 is 0 Å². The second-order valence-electron chi connectivity index (χ2n) is 5.89. The van der Waals surface area contributed by atoms with E-state index in [2.05, 4.69) is 15.6 Å². The summed E-state index contributed by atoms with van der Waals surface area (Å²) in [6.45, 7) is 3.72. The molecule has 1 aliphatic heterocycles. The van der Waals surface area contributed by atoms with E-state index in [0.717, 1.165) is 26.0 Å². The summed E-state index contributed by atoms with van der Waals surface area (Å²) in [5.74, 6) is 0.649. The lowest BCUT2D eigenvalue weighted by molar-refractivity contribution is 0.0420. The molecule has 148 valence electrons. The summed E-state index contributed by atoms with van der Waals surface area (Å²) in [6, 6.07) is 3.35. The van der Waals surface area contributed by atoms with Crippen molar-refractivity contribution in [1.29, 1.82) is 0 Å². The van der Waals surface area contributed by atoms with Crippen LogP contribution in [0.5, 0.6) is 0 Å². The molecular weight excluding hydrogens is 376 g/mol. The van der Waals surface area contributed by atoms with E-state index in [9.17, 15) is 8.42 Å². The lowest BCUT2D eigenvalue weighted by Gasteiger charge is -2.18. The topological polar surface area (TPSA) is 92.3 Å². The lowest BCUT2D eigenvalue weighted by atomic mass is 10.3. The molecule has 1 saturated heterocycles. The molecule has 0 amide bonds. The molecule has 1 unspecified atom stereocenters. The predicted molar refractivity (Wildman–Crippen MR) is 103 cm³/mol. The van der Waals surface area contributed by atoms with Gasteiger partial charge < -0.3 is 20.1 Å². The molecule has 2 rings (SSSR count). The van der Waals surface area contributed by atoms with Crippen LogP contribution in [0.4, 0.5) is 0 Å². The largest absolute Gasteiger partial charge is 0.379 e. The van der Waals surface area contributed by atoms with Crippen molar-refractivity contribution in [3.05, 3.63) is 17.5 Å². The van der Waals surface area contributed by atoms with Gasteiger partial charge in [0, 0.05) is 46.9 Å². The van der Waals surface area contributed by atoms with Crippen LogP contribution in [0.25, 0.3) is 0 Å². The van der Waals surface area contributed by atoms with Crippen LogP contribution < -0.4 is 10.6 Å². The first-order chi connectivity index (χ1) is 12.5. The second-order valence-corrected chi connectivity index (χ2v) is 9.11. The van der Waals surface area contributed by atoms with Crippen molar-refractivity contribution in [2.24, 2.45) is 4.99 Å². The van der Waals surface area contributed by atoms with Gasteiger partial charge in [-0.05, 0) is 24.3 Å². The van der Waals surface area contributed by atoms with Crippen LogP contribution in [-0.4, -0.2) is 78.3 Å². The molecule has 1 aliphatic rings. The zero-order valence-electron chi connectivity index (χ0n) is 15.3. The van der Waals surface area contributed by atoms with Gasteiger partial charge in [-0.3, -0.25) is 4.99 Å². The van der Waals surface area contributed by atoms with Gasteiger partial charge in [-0.1, -0.05) is 6.07 Å². The Hall–Kier alpha value is -1.20. The molecular formula is C16H28N4O4S2. The summed E-state index contributed by atoms with van der Waals surface area (Å²) >= 11 is 1.22. The molecule has 1 atom stereocenters. The fourth-order valence-electron chi connectivity index (χ4n) is 2.41. The number of ether oxygens (including phenoxy) is 2. The molecule has 0 radical (unpaired) electrons. The average Bonchev–Trinajstić information content (AvgIpc) is 3.33. The standard InChI is InChI=1S/C16H28N4O4S2/c1-17-16(18-7-4-10-24-14-6-11-23-13-14)19-8-9-20(2)26(21,22)15-5-3-12-25-15/h3,5,12,14H,4,6-11,13H2,1-2H3,(H2,17,18,19). The Morgan fingerprint density at radius 1 is 1.46 bits per heavy atom. The first-order valence-corrected chi connectivity index (χ1v) is 11.0. The maximum atomic E-state index is 12.3. The molecule has 1 aromatic rings.